The molecule has 1 aromatic carbocycles. The number of primary amides is 1. The lowest BCUT2D eigenvalue weighted by molar-refractivity contribution is -0.137. The van der Waals surface area contributed by atoms with Crippen molar-refractivity contribution in [3.05, 3.63) is 54.4 Å². The molecule has 26 heavy (non-hydrogen) atoms. The first kappa shape index (κ1) is 17.7. The second-order valence-electron chi connectivity index (χ2n) is 6.27. The Bertz CT molecular complexity index is 776. The fourth-order valence-electron chi connectivity index (χ4n) is 2.99. The van der Waals surface area contributed by atoms with Crippen molar-refractivity contribution in [3.8, 4) is 5.69 Å². The quantitative estimate of drug-likeness (QED) is 0.819. The molecule has 0 spiro atoms. The summed E-state index contributed by atoms with van der Waals surface area (Å²) in [5.74, 6) is -1.30. The van der Waals surface area contributed by atoms with Gasteiger partial charge in [0.2, 0.25) is 5.91 Å². The standard InChI is InChI=1S/C19H21N3O4/c20-18(24)14-7-11-22(12-8-14)17(23)13-26-19(25)15-3-5-16(6-4-15)21-9-1-2-10-21/h1-6,9-10,14H,7-8,11-13H2,(H2,20,24). The van der Waals surface area contributed by atoms with E-state index in [1.54, 1.807) is 17.0 Å². The maximum absolute atomic E-state index is 12.1. The van der Waals surface area contributed by atoms with Crippen LogP contribution in [0.2, 0.25) is 0 Å². The van der Waals surface area contributed by atoms with Gasteiger partial charge in [0.15, 0.2) is 6.61 Å². The number of aromatic nitrogens is 1. The number of carbonyl (C=O) groups excluding carboxylic acids is 3. The van der Waals surface area contributed by atoms with Crippen molar-refractivity contribution in [3.63, 3.8) is 0 Å². The zero-order valence-electron chi connectivity index (χ0n) is 14.3. The van der Waals surface area contributed by atoms with Gasteiger partial charge in [-0.2, -0.15) is 0 Å². The molecular formula is C19H21N3O4. The Labute approximate surface area is 151 Å². The molecule has 1 aliphatic rings. The van der Waals surface area contributed by atoms with E-state index in [1.807, 2.05) is 41.2 Å². The van der Waals surface area contributed by atoms with Crippen LogP contribution in [-0.2, 0) is 14.3 Å². The summed E-state index contributed by atoms with van der Waals surface area (Å²) in [6.07, 6.45) is 4.92. The fraction of sp³-hybridized carbons (Fsp3) is 0.316. The van der Waals surface area contributed by atoms with Gasteiger partial charge in [-0.15, -0.1) is 0 Å². The summed E-state index contributed by atoms with van der Waals surface area (Å²) in [6, 6.07) is 10.8. The van der Waals surface area contributed by atoms with Gasteiger partial charge in [-0.1, -0.05) is 0 Å². The molecule has 1 aliphatic heterocycles. The molecule has 136 valence electrons. The molecule has 7 nitrogen and oxygen atoms in total. The first-order valence-corrected chi connectivity index (χ1v) is 8.52. The molecule has 0 aliphatic carbocycles. The average molecular weight is 355 g/mol. The van der Waals surface area contributed by atoms with E-state index in [-0.39, 0.29) is 24.3 Å². The Morgan fingerprint density at radius 1 is 1.04 bits per heavy atom. The predicted molar refractivity (Wildman–Crippen MR) is 94.5 cm³/mol. The van der Waals surface area contributed by atoms with Crippen molar-refractivity contribution in [2.24, 2.45) is 11.7 Å². The Morgan fingerprint density at radius 2 is 1.65 bits per heavy atom. The number of piperidine rings is 1. The first-order chi connectivity index (χ1) is 12.5. The van der Waals surface area contributed by atoms with Crippen LogP contribution in [0.4, 0.5) is 0 Å². The maximum atomic E-state index is 12.1. The fourth-order valence-corrected chi connectivity index (χ4v) is 2.99. The minimum Gasteiger partial charge on any atom is -0.452 e. The molecule has 1 fully saturated rings. The third kappa shape index (κ3) is 4.11. The SMILES string of the molecule is NC(=O)C1CCN(C(=O)COC(=O)c2ccc(-n3cccc3)cc2)CC1. The van der Waals surface area contributed by atoms with Gasteiger partial charge < -0.3 is 19.9 Å². The van der Waals surface area contributed by atoms with E-state index < -0.39 is 5.97 Å². The van der Waals surface area contributed by atoms with Crippen LogP contribution in [0.15, 0.2) is 48.8 Å². The van der Waals surface area contributed by atoms with Crippen LogP contribution in [0.3, 0.4) is 0 Å². The molecule has 2 amide bonds. The lowest BCUT2D eigenvalue weighted by atomic mass is 9.96. The number of likely N-dealkylation sites (tertiary alicyclic amines) is 1. The van der Waals surface area contributed by atoms with Crippen LogP contribution in [0.5, 0.6) is 0 Å². The Morgan fingerprint density at radius 3 is 2.23 bits per heavy atom. The van der Waals surface area contributed by atoms with Crippen LogP contribution in [0, 0.1) is 5.92 Å². The lowest BCUT2D eigenvalue weighted by Crippen LogP contribution is -2.43. The van der Waals surface area contributed by atoms with Crippen LogP contribution in [0.1, 0.15) is 23.2 Å². The number of hydrogen-bond acceptors (Lipinski definition) is 4. The first-order valence-electron chi connectivity index (χ1n) is 8.52. The zero-order valence-corrected chi connectivity index (χ0v) is 14.3. The minimum atomic E-state index is -0.538. The summed E-state index contributed by atoms with van der Waals surface area (Å²) in [7, 11) is 0. The molecule has 0 unspecified atom stereocenters. The summed E-state index contributed by atoms with van der Waals surface area (Å²) in [5.41, 5.74) is 6.60. The number of nitrogens with zero attached hydrogens (tertiary/aromatic N) is 2. The molecule has 2 N–H and O–H groups in total. The molecule has 1 aromatic heterocycles. The Kier molecular flexibility index (Phi) is 5.36. The zero-order chi connectivity index (χ0) is 18.5. The molecule has 7 heteroatoms. The van der Waals surface area contributed by atoms with Crippen molar-refractivity contribution in [1.29, 1.82) is 0 Å². The average Bonchev–Trinajstić information content (AvgIpc) is 3.21. The minimum absolute atomic E-state index is 0.180. The Hall–Kier alpha value is -3.09. The Balaban J connectivity index is 1.49. The molecule has 1 saturated heterocycles. The van der Waals surface area contributed by atoms with Gasteiger partial charge in [0, 0.05) is 37.1 Å². The van der Waals surface area contributed by atoms with Crippen molar-refractivity contribution < 1.29 is 19.1 Å². The number of esters is 1. The van der Waals surface area contributed by atoms with E-state index in [9.17, 15) is 14.4 Å². The molecular weight excluding hydrogens is 334 g/mol. The van der Waals surface area contributed by atoms with Crippen molar-refractivity contribution in [2.75, 3.05) is 19.7 Å². The van der Waals surface area contributed by atoms with E-state index in [1.165, 1.54) is 0 Å². The van der Waals surface area contributed by atoms with Crippen molar-refractivity contribution >= 4 is 17.8 Å². The largest absolute Gasteiger partial charge is 0.452 e. The third-order valence-corrected chi connectivity index (χ3v) is 4.58. The summed E-state index contributed by atoms with van der Waals surface area (Å²) >= 11 is 0. The molecule has 0 radical (unpaired) electrons. The summed E-state index contributed by atoms with van der Waals surface area (Å²) in [4.78, 5) is 37.0. The molecule has 0 bridgehead atoms. The van der Waals surface area contributed by atoms with Gasteiger partial charge in [0.1, 0.15) is 0 Å². The molecule has 0 saturated carbocycles. The van der Waals surface area contributed by atoms with Crippen molar-refractivity contribution in [2.45, 2.75) is 12.8 Å². The van der Waals surface area contributed by atoms with E-state index in [4.69, 9.17) is 10.5 Å². The highest BCUT2D eigenvalue weighted by Gasteiger charge is 2.26. The van der Waals surface area contributed by atoms with Gasteiger partial charge in [0.05, 0.1) is 5.56 Å². The molecule has 3 rings (SSSR count). The van der Waals surface area contributed by atoms with Crippen LogP contribution < -0.4 is 5.73 Å². The highest BCUT2D eigenvalue weighted by atomic mass is 16.5. The lowest BCUT2D eigenvalue weighted by Gasteiger charge is -2.30. The van der Waals surface area contributed by atoms with Gasteiger partial charge in [-0.25, -0.2) is 4.79 Å². The number of benzene rings is 1. The van der Waals surface area contributed by atoms with Gasteiger partial charge in [-0.3, -0.25) is 9.59 Å². The smallest absolute Gasteiger partial charge is 0.338 e. The number of nitrogens with two attached hydrogens (primary N) is 1. The number of carbonyl (C=O) groups is 3. The molecule has 2 heterocycles. The highest BCUT2D eigenvalue weighted by Crippen LogP contribution is 2.17. The number of ether oxygens (including phenoxy) is 1. The number of hydrogen-bond donors (Lipinski definition) is 1. The highest BCUT2D eigenvalue weighted by molar-refractivity contribution is 5.91. The third-order valence-electron chi connectivity index (χ3n) is 4.58. The summed E-state index contributed by atoms with van der Waals surface area (Å²) in [5, 5.41) is 0. The summed E-state index contributed by atoms with van der Waals surface area (Å²) in [6.45, 7) is 0.602. The number of rotatable bonds is 5. The topological polar surface area (TPSA) is 94.6 Å². The van der Waals surface area contributed by atoms with Crippen molar-refractivity contribution in [1.82, 2.24) is 9.47 Å². The predicted octanol–water partition coefficient (Wildman–Crippen LogP) is 1.36. The van der Waals surface area contributed by atoms with Gasteiger partial charge in [0.25, 0.3) is 5.91 Å². The van der Waals surface area contributed by atoms with Gasteiger partial charge in [-0.05, 0) is 49.2 Å². The van der Waals surface area contributed by atoms with E-state index in [2.05, 4.69) is 0 Å². The van der Waals surface area contributed by atoms with E-state index in [0.29, 0.717) is 31.5 Å². The van der Waals surface area contributed by atoms with E-state index in [0.717, 1.165) is 5.69 Å². The van der Waals surface area contributed by atoms with Crippen LogP contribution in [0.25, 0.3) is 5.69 Å². The van der Waals surface area contributed by atoms with Crippen LogP contribution in [-0.4, -0.2) is 46.9 Å². The van der Waals surface area contributed by atoms with Crippen LogP contribution >= 0.6 is 0 Å². The maximum Gasteiger partial charge on any atom is 0.338 e. The molecule has 0 atom stereocenters. The second-order valence-corrected chi connectivity index (χ2v) is 6.27. The molecule has 2 aromatic rings. The van der Waals surface area contributed by atoms with Gasteiger partial charge >= 0.3 is 5.97 Å². The normalized spacial score (nSPS) is 14.8. The van der Waals surface area contributed by atoms with E-state index >= 15 is 0 Å². The number of amides is 2. The summed E-state index contributed by atoms with van der Waals surface area (Å²) < 4.78 is 7.04. The second kappa shape index (κ2) is 7.86. The monoisotopic (exact) mass is 355 g/mol.